The molecule has 0 aliphatic rings. The minimum Gasteiger partial charge on any atom is -0.481 e. The first-order valence-corrected chi connectivity index (χ1v) is 4.39. The Hall–Kier alpha value is -0.830. The average Bonchev–Trinajstić information content (AvgIpc) is 2.34. The highest BCUT2D eigenvalue weighted by Crippen LogP contribution is 2.17. The van der Waals surface area contributed by atoms with Crippen LogP contribution in [-0.2, 0) is 17.6 Å². The zero-order valence-corrected chi connectivity index (χ0v) is 7.15. The van der Waals surface area contributed by atoms with Gasteiger partial charge in [-0.25, -0.2) is 0 Å². The van der Waals surface area contributed by atoms with Crippen LogP contribution in [-0.4, -0.2) is 11.1 Å². The maximum atomic E-state index is 10.3. The molecule has 0 radical (unpaired) electrons. The van der Waals surface area contributed by atoms with Crippen molar-refractivity contribution in [3.05, 3.63) is 21.9 Å². The highest BCUT2D eigenvalue weighted by molar-refractivity contribution is 7.10. The van der Waals surface area contributed by atoms with Gasteiger partial charge in [0.25, 0.3) is 0 Å². The minimum atomic E-state index is -0.752. The van der Waals surface area contributed by atoms with Crippen molar-refractivity contribution in [1.82, 2.24) is 0 Å². The Bertz CT molecular complexity index is 252. The zero-order chi connectivity index (χ0) is 8.27. The minimum absolute atomic E-state index is 0.159. The fourth-order valence-electron chi connectivity index (χ4n) is 0.998. The molecule has 0 unspecified atom stereocenters. The lowest BCUT2D eigenvalue weighted by atomic mass is 10.2. The van der Waals surface area contributed by atoms with Crippen molar-refractivity contribution in [2.75, 3.05) is 0 Å². The van der Waals surface area contributed by atoms with E-state index < -0.39 is 5.97 Å². The van der Waals surface area contributed by atoms with Crippen LogP contribution >= 0.6 is 11.3 Å². The molecule has 11 heavy (non-hydrogen) atoms. The standard InChI is InChI=1S/C8H10O2S/c1-2-7-6(3-4-11-7)5-8(9)10/h3-4H,2,5H2,1H3,(H,9,10). The SMILES string of the molecule is CCc1sccc1CC(=O)O. The van der Waals surface area contributed by atoms with Gasteiger partial charge in [0.1, 0.15) is 0 Å². The second-order valence-electron chi connectivity index (χ2n) is 2.29. The molecule has 1 heterocycles. The van der Waals surface area contributed by atoms with E-state index in [1.807, 2.05) is 18.4 Å². The van der Waals surface area contributed by atoms with Gasteiger partial charge in [-0.05, 0) is 23.4 Å². The highest BCUT2D eigenvalue weighted by Gasteiger charge is 2.05. The Labute approximate surface area is 69.5 Å². The first-order valence-electron chi connectivity index (χ1n) is 3.51. The number of carboxylic acids is 1. The Morgan fingerprint density at radius 1 is 1.73 bits per heavy atom. The predicted molar refractivity (Wildman–Crippen MR) is 45.0 cm³/mol. The molecule has 0 amide bonds. The third-order valence-electron chi connectivity index (χ3n) is 1.50. The van der Waals surface area contributed by atoms with E-state index in [0.717, 1.165) is 12.0 Å². The van der Waals surface area contributed by atoms with Gasteiger partial charge in [-0.3, -0.25) is 4.79 Å². The molecule has 0 bridgehead atoms. The van der Waals surface area contributed by atoms with Crippen molar-refractivity contribution < 1.29 is 9.90 Å². The fourth-order valence-corrected chi connectivity index (χ4v) is 1.85. The number of carboxylic acid groups (broad SMARTS) is 1. The molecule has 60 valence electrons. The van der Waals surface area contributed by atoms with E-state index in [-0.39, 0.29) is 6.42 Å². The summed E-state index contributed by atoms with van der Waals surface area (Å²) in [5, 5.41) is 10.5. The zero-order valence-electron chi connectivity index (χ0n) is 6.33. The lowest BCUT2D eigenvalue weighted by Crippen LogP contribution is -2.00. The summed E-state index contributed by atoms with van der Waals surface area (Å²) in [6, 6.07) is 1.89. The van der Waals surface area contributed by atoms with E-state index in [9.17, 15) is 4.79 Å². The van der Waals surface area contributed by atoms with Gasteiger partial charge in [0.15, 0.2) is 0 Å². The van der Waals surface area contributed by atoms with Gasteiger partial charge in [-0.2, -0.15) is 0 Å². The average molecular weight is 170 g/mol. The Balaban J connectivity index is 2.76. The third-order valence-corrected chi connectivity index (χ3v) is 2.61. The van der Waals surface area contributed by atoms with Crippen molar-refractivity contribution >= 4 is 17.3 Å². The van der Waals surface area contributed by atoms with E-state index in [2.05, 4.69) is 0 Å². The number of thiophene rings is 1. The van der Waals surface area contributed by atoms with E-state index in [1.165, 1.54) is 4.88 Å². The molecule has 0 saturated heterocycles. The number of aliphatic carboxylic acids is 1. The lowest BCUT2D eigenvalue weighted by Gasteiger charge is -1.95. The number of carbonyl (C=O) groups is 1. The molecule has 0 aromatic carbocycles. The van der Waals surface area contributed by atoms with Gasteiger partial charge in [0.05, 0.1) is 6.42 Å². The molecular weight excluding hydrogens is 160 g/mol. The van der Waals surface area contributed by atoms with Crippen LogP contribution in [0.25, 0.3) is 0 Å². The molecule has 2 nitrogen and oxygen atoms in total. The van der Waals surface area contributed by atoms with Gasteiger partial charge in [-0.1, -0.05) is 6.92 Å². The molecule has 0 aliphatic carbocycles. The summed E-state index contributed by atoms with van der Waals surface area (Å²) < 4.78 is 0. The smallest absolute Gasteiger partial charge is 0.307 e. The molecule has 1 aromatic rings. The lowest BCUT2D eigenvalue weighted by molar-refractivity contribution is -0.136. The van der Waals surface area contributed by atoms with Crippen LogP contribution in [0, 0.1) is 0 Å². The largest absolute Gasteiger partial charge is 0.481 e. The molecule has 0 aliphatic heterocycles. The summed E-state index contributed by atoms with van der Waals surface area (Å²) in [4.78, 5) is 11.5. The van der Waals surface area contributed by atoms with Gasteiger partial charge < -0.3 is 5.11 Å². The Kier molecular flexibility index (Phi) is 2.65. The molecular formula is C8H10O2S. The fraction of sp³-hybridized carbons (Fsp3) is 0.375. The Morgan fingerprint density at radius 2 is 2.45 bits per heavy atom. The summed E-state index contributed by atoms with van der Waals surface area (Å²) in [7, 11) is 0. The van der Waals surface area contributed by atoms with E-state index >= 15 is 0 Å². The van der Waals surface area contributed by atoms with Crippen LogP contribution < -0.4 is 0 Å². The van der Waals surface area contributed by atoms with Crippen LogP contribution in [0.3, 0.4) is 0 Å². The predicted octanol–water partition coefficient (Wildman–Crippen LogP) is 1.94. The van der Waals surface area contributed by atoms with Gasteiger partial charge in [0, 0.05) is 4.88 Å². The quantitative estimate of drug-likeness (QED) is 0.752. The summed E-state index contributed by atoms with van der Waals surface area (Å²) in [6.07, 6.45) is 1.09. The number of hydrogen-bond acceptors (Lipinski definition) is 2. The molecule has 0 fully saturated rings. The van der Waals surface area contributed by atoms with Crippen LogP contribution in [0.15, 0.2) is 11.4 Å². The molecule has 1 N–H and O–H groups in total. The molecule has 1 aromatic heterocycles. The van der Waals surface area contributed by atoms with Crippen molar-refractivity contribution in [2.45, 2.75) is 19.8 Å². The van der Waals surface area contributed by atoms with Crippen molar-refractivity contribution in [2.24, 2.45) is 0 Å². The summed E-state index contributed by atoms with van der Waals surface area (Å²) >= 11 is 1.63. The molecule has 3 heteroatoms. The monoisotopic (exact) mass is 170 g/mol. The highest BCUT2D eigenvalue weighted by atomic mass is 32.1. The van der Waals surface area contributed by atoms with E-state index in [1.54, 1.807) is 11.3 Å². The third kappa shape index (κ3) is 2.05. The molecule has 0 atom stereocenters. The van der Waals surface area contributed by atoms with Crippen LogP contribution in [0.1, 0.15) is 17.4 Å². The molecule has 1 rings (SSSR count). The van der Waals surface area contributed by atoms with Crippen LogP contribution in [0.4, 0.5) is 0 Å². The Morgan fingerprint density at radius 3 is 3.00 bits per heavy atom. The van der Waals surface area contributed by atoms with Crippen LogP contribution in [0.5, 0.6) is 0 Å². The summed E-state index contributed by atoms with van der Waals surface area (Å²) in [5.74, 6) is -0.752. The second-order valence-corrected chi connectivity index (χ2v) is 3.29. The van der Waals surface area contributed by atoms with Crippen molar-refractivity contribution in [1.29, 1.82) is 0 Å². The first kappa shape index (κ1) is 8.27. The van der Waals surface area contributed by atoms with E-state index in [0.29, 0.717) is 0 Å². The number of rotatable bonds is 3. The maximum absolute atomic E-state index is 10.3. The van der Waals surface area contributed by atoms with E-state index in [4.69, 9.17) is 5.11 Å². The van der Waals surface area contributed by atoms with Gasteiger partial charge in [0.2, 0.25) is 0 Å². The molecule has 0 saturated carbocycles. The van der Waals surface area contributed by atoms with Gasteiger partial charge in [-0.15, -0.1) is 11.3 Å². The van der Waals surface area contributed by atoms with Gasteiger partial charge >= 0.3 is 5.97 Å². The summed E-state index contributed by atoms with van der Waals surface area (Å²) in [6.45, 7) is 2.04. The summed E-state index contributed by atoms with van der Waals surface area (Å²) in [5.41, 5.74) is 0.963. The normalized spacial score (nSPS) is 9.91. The topological polar surface area (TPSA) is 37.3 Å². The number of hydrogen-bond donors (Lipinski definition) is 1. The van der Waals surface area contributed by atoms with Crippen molar-refractivity contribution in [3.8, 4) is 0 Å². The second kappa shape index (κ2) is 3.53. The molecule has 0 spiro atoms. The van der Waals surface area contributed by atoms with Crippen LogP contribution in [0.2, 0.25) is 0 Å². The first-order chi connectivity index (χ1) is 5.24. The van der Waals surface area contributed by atoms with Crippen molar-refractivity contribution in [3.63, 3.8) is 0 Å². The number of aryl methyl sites for hydroxylation is 1. The maximum Gasteiger partial charge on any atom is 0.307 e.